The summed E-state index contributed by atoms with van der Waals surface area (Å²) in [6, 6.07) is 6.62. The Labute approximate surface area is 116 Å². The molecular formula is C14H17NO3S. The molecule has 0 radical (unpaired) electrons. The number of aromatic carboxylic acids is 1. The van der Waals surface area contributed by atoms with Crippen LogP contribution in [0.3, 0.4) is 0 Å². The predicted octanol–water partition coefficient (Wildman–Crippen LogP) is 2.63. The molecule has 0 saturated carbocycles. The number of para-hydroxylation sites is 1. The van der Waals surface area contributed by atoms with E-state index in [1.165, 1.54) is 11.0 Å². The Balaban J connectivity index is 2.21. The molecule has 4 nitrogen and oxygen atoms in total. The summed E-state index contributed by atoms with van der Waals surface area (Å²) in [5.41, 5.74) is 0.630. The normalized spacial score (nSPS) is 18.9. The van der Waals surface area contributed by atoms with Crippen molar-refractivity contribution in [2.45, 2.75) is 24.5 Å². The zero-order chi connectivity index (χ0) is 13.8. The van der Waals surface area contributed by atoms with Crippen LogP contribution in [0.5, 0.6) is 0 Å². The van der Waals surface area contributed by atoms with Crippen LogP contribution in [-0.4, -0.2) is 35.0 Å². The highest BCUT2D eigenvalue weighted by Crippen LogP contribution is 2.29. The van der Waals surface area contributed by atoms with Gasteiger partial charge in [-0.05, 0) is 30.7 Å². The van der Waals surface area contributed by atoms with Gasteiger partial charge in [0.1, 0.15) is 0 Å². The molecule has 0 aromatic heterocycles. The third-order valence-corrected chi connectivity index (χ3v) is 4.65. The molecule has 1 unspecified atom stereocenters. The standard InChI is InChI=1S/C14H17NO3S/c1-15(13(16)12-8-4-5-9-19-12)11-7-3-2-6-10(11)14(17)18/h2-3,6-7,12H,4-5,8-9H2,1H3,(H,17,18). The molecular weight excluding hydrogens is 262 g/mol. The van der Waals surface area contributed by atoms with Crippen LogP contribution in [-0.2, 0) is 4.79 Å². The molecule has 1 aliphatic heterocycles. The van der Waals surface area contributed by atoms with Crippen molar-refractivity contribution in [1.29, 1.82) is 0 Å². The zero-order valence-electron chi connectivity index (χ0n) is 10.8. The number of hydrogen-bond acceptors (Lipinski definition) is 3. The van der Waals surface area contributed by atoms with Gasteiger partial charge in [0, 0.05) is 7.05 Å². The van der Waals surface area contributed by atoms with Crippen LogP contribution >= 0.6 is 11.8 Å². The molecule has 1 heterocycles. The van der Waals surface area contributed by atoms with Gasteiger partial charge in [0.2, 0.25) is 5.91 Å². The summed E-state index contributed by atoms with van der Waals surface area (Å²) >= 11 is 1.67. The van der Waals surface area contributed by atoms with Crippen LogP contribution in [0.4, 0.5) is 5.69 Å². The minimum atomic E-state index is -1.01. The number of carbonyl (C=O) groups excluding carboxylic acids is 1. The topological polar surface area (TPSA) is 57.6 Å². The second kappa shape index (κ2) is 6.10. The van der Waals surface area contributed by atoms with Gasteiger partial charge in [-0.3, -0.25) is 4.79 Å². The van der Waals surface area contributed by atoms with Crippen molar-refractivity contribution >= 4 is 29.3 Å². The number of carboxylic acid groups (broad SMARTS) is 1. The predicted molar refractivity (Wildman–Crippen MR) is 76.9 cm³/mol. The Morgan fingerprint density at radius 3 is 2.68 bits per heavy atom. The summed E-state index contributed by atoms with van der Waals surface area (Å²) in [6.45, 7) is 0. The first-order chi connectivity index (χ1) is 9.11. The maximum atomic E-state index is 12.4. The van der Waals surface area contributed by atoms with Crippen LogP contribution in [0.25, 0.3) is 0 Å². The van der Waals surface area contributed by atoms with E-state index in [2.05, 4.69) is 0 Å². The van der Waals surface area contributed by atoms with Gasteiger partial charge in [-0.15, -0.1) is 11.8 Å². The Kier molecular flexibility index (Phi) is 4.47. The molecule has 1 fully saturated rings. The molecule has 1 saturated heterocycles. The first kappa shape index (κ1) is 13.9. The first-order valence-electron chi connectivity index (χ1n) is 6.32. The third kappa shape index (κ3) is 3.10. The lowest BCUT2D eigenvalue weighted by molar-refractivity contribution is -0.118. The summed E-state index contributed by atoms with van der Waals surface area (Å²) < 4.78 is 0. The smallest absolute Gasteiger partial charge is 0.337 e. The summed E-state index contributed by atoms with van der Waals surface area (Å²) in [6.07, 6.45) is 3.10. The van der Waals surface area contributed by atoms with Gasteiger partial charge in [0.05, 0.1) is 16.5 Å². The van der Waals surface area contributed by atoms with E-state index in [-0.39, 0.29) is 16.7 Å². The maximum absolute atomic E-state index is 12.4. The number of rotatable bonds is 3. The van der Waals surface area contributed by atoms with Crippen molar-refractivity contribution in [3.8, 4) is 0 Å². The lowest BCUT2D eigenvalue weighted by atomic mass is 10.1. The minimum Gasteiger partial charge on any atom is -0.478 e. The van der Waals surface area contributed by atoms with E-state index >= 15 is 0 Å². The van der Waals surface area contributed by atoms with E-state index in [4.69, 9.17) is 5.11 Å². The van der Waals surface area contributed by atoms with Gasteiger partial charge in [0.15, 0.2) is 0 Å². The summed E-state index contributed by atoms with van der Waals surface area (Å²) in [5.74, 6) is -0.00452. The highest BCUT2D eigenvalue weighted by atomic mass is 32.2. The van der Waals surface area contributed by atoms with E-state index in [1.807, 2.05) is 0 Å². The van der Waals surface area contributed by atoms with E-state index in [1.54, 1.807) is 37.0 Å². The summed E-state index contributed by atoms with van der Waals surface area (Å²) in [5, 5.41) is 9.12. The average Bonchev–Trinajstić information content (AvgIpc) is 2.46. The number of nitrogens with zero attached hydrogens (tertiary/aromatic N) is 1. The van der Waals surface area contributed by atoms with Gasteiger partial charge in [0.25, 0.3) is 0 Å². The molecule has 0 bridgehead atoms. The highest BCUT2D eigenvalue weighted by molar-refractivity contribution is 8.00. The van der Waals surface area contributed by atoms with Crippen molar-refractivity contribution in [2.75, 3.05) is 17.7 Å². The van der Waals surface area contributed by atoms with Gasteiger partial charge in [-0.25, -0.2) is 4.79 Å². The molecule has 1 aliphatic rings. The second-order valence-electron chi connectivity index (χ2n) is 4.57. The number of hydrogen-bond donors (Lipinski definition) is 1. The van der Waals surface area contributed by atoms with Crippen LogP contribution in [0.1, 0.15) is 29.6 Å². The molecule has 102 valence electrons. The highest BCUT2D eigenvalue weighted by Gasteiger charge is 2.27. The van der Waals surface area contributed by atoms with E-state index in [0.717, 1.165) is 25.0 Å². The van der Waals surface area contributed by atoms with Crippen molar-refractivity contribution in [2.24, 2.45) is 0 Å². The Hall–Kier alpha value is -1.49. The Bertz CT molecular complexity index is 483. The number of thioether (sulfide) groups is 1. The molecule has 1 aromatic rings. The first-order valence-corrected chi connectivity index (χ1v) is 7.37. The maximum Gasteiger partial charge on any atom is 0.337 e. The largest absolute Gasteiger partial charge is 0.478 e. The second-order valence-corrected chi connectivity index (χ2v) is 5.89. The molecule has 1 N–H and O–H groups in total. The van der Waals surface area contributed by atoms with Crippen molar-refractivity contribution < 1.29 is 14.7 Å². The number of carboxylic acids is 1. The molecule has 1 aromatic carbocycles. The van der Waals surface area contributed by atoms with E-state index < -0.39 is 5.97 Å². The molecule has 1 amide bonds. The molecule has 0 spiro atoms. The van der Waals surface area contributed by atoms with Crippen molar-refractivity contribution in [3.63, 3.8) is 0 Å². The van der Waals surface area contributed by atoms with E-state index in [9.17, 15) is 9.59 Å². The van der Waals surface area contributed by atoms with Crippen molar-refractivity contribution in [1.82, 2.24) is 0 Å². The minimum absolute atomic E-state index is 0.00148. The zero-order valence-corrected chi connectivity index (χ0v) is 11.7. The van der Waals surface area contributed by atoms with Crippen LogP contribution < -0.4 is 4.90 Å². The summed E-state index contributed by atoms with van der Waals surface area (Å²) in [7, 11) is 1.65. The van der Waals surface area contributed by atoms with Crippen LogP contribution in [0.15, 0.2) is 24.3 Å². The van der Waals surface area contributed by atoms with Gasteiger partial charge in [-0.2, -0.15) is 0 Å². The molecule has 2 rings (SSSR count). The fraction of sp³-hybridized carbons (Fsp3) is 0.429. The molecule has 0 aliphatic carbocycles. The van der Waals surface area contributed by atoms with Gasteiger partial charge >= 0.3 is 5.97 Å². The average molecular weight is 279 g/mol. The lowest BCUT2D eigenvalue weighted by Gasteiger charge is -2.26. The molecule has 1 atom stereocenters. The van der Waals surface area contributed by atoms with Gasteiger partial charge in [-0.1, -0.05) is 18.6 Å². The number of benzene rings is 1. The molecule has 5 heteroatoms. The number of anilines is 1. The quantitative estimate of drug-likeness (QED) is 0.924. The number of amides is 1. The fourth-order valence-electron chi connectivity index (χ4n) is 2.22. The van der Waals surface area contributed by atoms with Gasteiger partial charge < -0.3 is 10.0 Å². The fourth-order valence-corrected chi connectivity index (χ4v) is 3.51. The summed E-state index contributed by atoms with van der Waals surface area (Å²) in [4.78, 5) is 25.0. The third-order valence-electron chi connectivity index (χ3n) is 3.28. The SMILES string of the molecule is CN(C(=O)C1CCCCS1)c1ccccc1C(=O)O. The monoisotopic (exact) mass is 279 g/mol. The Morgan fingerprint density at radius 2 is 2.05 bits per heavy atom. The van der Waals surface area contributed by atoms with Crippen molar-refractivity contribution in [3.05, 3.63) is 29.8 Å². The lowest BCUT2D eigenvalue weighted by Crippen LogP contribution is -2.36. The van der Waals surface area contributed by atoms with E-state index in [0.29, 0.717) is 5.69 Å². The molecule has 19 heavy (non-hydrogen) atoms. The number of carbonyl (C=O) groups is 2. The van der Waals surface area contributed by atoms with Crippen LogP contribution in [0.2, 0.25) is 0 Å². The Morgan fingerprint density at radius 1 is 1.32 bits per heavy atom. The van der Waals surface area contributed by atoms with Crippen LogP contribution in [0, 0.1) is 0 Å².